The van der Waals surface area contributed by atoms with Crippen molar-refractivity contribution >= 4 is 22.9 Å². The summed E-state index contributed by atoms with van der Waals surface area (Å²) in [4.78, 5) is 0. The summed E-state index contributed by atoms with van der Waals surface area (Å²) in [6, 6.07) is 16.0. The topological polar surface area (TPSA) is 12.0 Å². The first kappa shape index (κ1) is 12.7. The zero-order valence-corrected chi connectivity index (χ0v) is 11.2. The fourth-order valence-corrected chi connectivity index (χ4v) is 2.12. The highest BCUT2D eigenvalue weighted by Gasteiger charge is 2.04. The summed E-state index contributed by atoms with van der Waals surface area (Å²) >= 11 is 6.17. The van der Waals surface area contributed by atoms with Gasteiger partial charge in [-0.1, -0.05) is 60.6 Å². The minimum Gasteiger partial charge on any atom is -0.380 e. The summed E-state index contributed by atoms with van der Waals surface area (Å²) in [5, 5.41) is 4.09. The van der Waals surface area contributed by atoms with Gasteiger partial charge in [0.25, 0.3) is 0 Å². The minimum absolute atomic E-state index is 0.689. The van der Waals surface area contributed by atoms with Gasteiger partial charge in [-0.05, 0) is 29.7 Å². The molecule has 2 aromatic carbocycles. The van der Waals surface area contributed by atoms with Gasteiger partial charge < -0.3 is 5.32 Å². The largest absolute Gasteiger partial charge is 0.380 e. The Morgan fingerprint density at radius 2 is 1.83 bits per heavy atom. The van der Waals surface area contributed by atoms with E-state index in [4.69, 9.17) is 11.6 Å². The third-order valence-electron chi connectivity index (χ3n) is 2.88. The lowest BCUT2D eigenvalue weighted by molar-refractivity contribution is 1.31. The van der Waals surface area contributed by atoms with Crippen LogP contribution in [0.5, 0.6) is 0 Å². The average molecular weight is 258 g/mol. The van der Waals surface area contributed by atoms with E-state index in [1.807, 2.05) is 43.3 Å². The minimum atomic E-state index is 0.689. The van der Waals surface area contributed by atoms with Crippen molar-refractivity contribution in [2.45, 2.75) is 6.92 Å². The molecule has 0 heterocycles. The Bertz CT molecular complexity index is 526. The van der Waals surface area contributed by atoms with Crippen molar-refractivity contribution in [2.24, 2.45) is 0 Å². The van der Waals surface area contributed by atoms with E-state index in [2.05, 4.69) is 24.0 Å². The molecule has 2 aromatic rings. The number of benzene rings is 2. The van der Waals surface area contributed by atoms with Crippen molar-refractivity contribution in [3.05, 3.63) is 71.3 Å². The maximum absolute atomic E-state index is 6.17. The molecule has 1 nitrogen and oxygen atoms in total. The summed E-state index contributed by atoms with van der Waals surface area (Å²) in [5.74, 6) is 0. The van der Waals surface area contributed by atoms with E-state index in [9.17, 15) is 0 Å². The van der Waals surface area contributed by atoms with E-state index in [1.165, 1.54) is 0 Å². The smallest absolute Gasteiger partial charge is 0.0640 e. The van der Waals surface area contributed by atoms with Crippen LogP contribution in [0.2, 0.25) is 5.02 Å². The first-order valence-corrected chi connectivity index (χ1v) is 6.28. The summed E-state index contributed by atoms with van der Waals surface area (Å²) in [6.45, 7) is 6.82. The van der Waals surface area contributed by atoms with Gasteiger partial charge in [0, 0.05) is 6.54 Å². The van der Waals surface area contributed by atoms with Crippen LogP contribution < -0.4 is 5.32 Å². The lowest BCUT2D eigenvalue weighted by Gasteiger charge is -2.13. The number of hydrogen-bond acceptors (Lipinski definition) is 1. The molecular formula is C16H16ClN. The first-order valence-electron chi connectivity index (χ1n) is 5.90. The standard InChI is InChI=1S/C16H16ClN/c1-12-7-6-10-15(17)16(12)18-11-13(2)14-8-4-3-5-9-14/h3-10,18H,2,11H2,1H3. The lowest BCUT2D eigenvalue weighted by Crippen LogP contribution is -2.05. The van der Waals surface area contributed by atoms with Gasteiger partial charge in [0.2, 0.25) is 0 Å². The second-order valence-corrected chi connectivity index (χ2v) is 4.66. The molecule has 0 aliphatic rings. The van der Waals surface area contributed by atoms with Crippen LogP contribution in [0.25, 0.3) is 5.57 Å². The molecule has 0 saturated heterocycles. The molecule has 0 aliphatic heterocycles. The van der Waals surface area contributed by atoms with Gasteiger partial charge >= 0.3 is 0 Å². The van der Waals surface area contributed by atoms with Gasteiger partial charge in [-0.2, -0.15) is 0 Å². The molecule has 0 amide bonds. The molecule has 0 bridgehead atoms. The van der Waals surface area contributed by atoms with Gasteiger partial charge in [-0.25, -0.2) is 0 Å². The number of hydrogen-bond donors (Lipinski definition) is 1. The van der Waals surface area contributed by atoms with Gasteiger partial charge in [-0.3, -0.25) is 0 Å². The average Bonchev–Trinajstić information content (AvgIpc) is 2.39. The molecule has 92 valence electrons. The molecular weight excluding hydrogens is 242 g/mol. The summed E-state index contributed by atoms with van der Waals surface area (Å²) in [7, 11) is 0. The van der Waals surface area contributed by atoms with Crippen molar-refractivity contribution in [1.29, 1.82) is 0 Å². The maximum atomic E-state index is 6.17. The molecule has 0 unspecified atom stereocenters. The van der Waals surface area contributed by atoms with Crippen LogP contribution in [0.15, 0.2) is 55.1 Å². The van der Waals surface area contributed by atoms with Gasteiger partial charge in [0.05, 0.1) is 10.7 Å². The number of para-hydroxylation sites is 1. The molecule has 18 heavy (non-hydrogen) atoms. The van der Waals surface area contributed by atoms with Gasteiger partial charge in [0.15, 0.2) is 0 Å². The Balaban J connectivity index is 2.07. The Morgan fingerprint density at radius 1 is 1.11 bits per heavy atom. The fourth-order valence-electron chi connectivity index (χ4n) is 1.83. The lowest BCUT2D eigenvalue weighted by atomic mass is 10.1. The van der Waals surface area contributed by atoms with Crippen LogP contribution in [-0.4, -0.2) is 6.54 Å². The van der Waals surface area contributed by atoms with E-state index < -0.39 is 0 Å². The number of aryl methyl sites for hydroxylation is 1. The van der Waals surface area contributed by atoms with E-state index >= 15 is 0 Å². The highest BCUT2D eigenvalue weighted by molar-refractivity contribution is 6.33. The Morgan fingerprint density at radius 3 is 2.50 bits per heavy atom. The quantitative estimate of drug-likeness (QED) is 0.832. The molecule has 0 saturated carbocycles. The third kappa shape index (κ3) is 2.93. The molecule has 1 N–H and O–H groups in total. The molecule has 0 radical (unpaired) electrons. The highest BCUT2D eigenvalue weighted by atomic mass is 35.5. The molecule has 2 rings (SSSR count). The maximum Gasteiger partial charge on any atom is 0.0640 e. The van der Waals surface area contributed by atoms with Crippen molar-refractivity contribution in [3.63, 3.8) is 0 Å². The molecule has 0 fully saturated rings. The summed E-state index contributed by atoms with van der Waals surface area (Å²) in [6.07, 6.45) is 0. The van der Waals surface area contributed by atoms with Gasteiger partial charge in [0.1, 0.15) is 0 Å². The van der Waals surface area contributed by atoms with E-state index in [0.29, 0.717) is 6.54 Å². The van der Waals surface area contributed by atoms with Crippen LogP contribution in [0.1, 0.15) is 11.1 Å². The van der Waals surface area contributed by atoms with Crippen molar-refractivity contribution in [3.8, 4) is 0 Å². The number of halogens is 1. The first-order chi connectivity index (χ1) is 8.68. The monoisotopic (exact) mass is 257 g/mol. The van der Waals surface area contributed by atoms with Crippen molar-refractivity contribution in [2.75, 3.05) is 11.9 Å². The van der Waals surface area contributed by atoms with Crippen LogP contribution in [0.4, 0.5) is 5.69 Å². The van der Waals surface area contributed by atoms with Crippen LogP contribution in [0.3, 0.4) is 0 Å². The number of anilines is 1. The van der Waals surface area contributed by atoms with E-state index in [0.717, 1.165) is 27.4 Å². The van der Waals surface area contributed by atoms with Crippen LogP contribution >= 0.6 is 11.6 Å². The molecule has 0 aromatic heterocycles. The number of nitrogens with one attached hydrogen (secondary N) is 1. The van der Waals surface area contributed by atoms with E-state index in [1.54, 1.807) is 0 Å². The van der Waals surface area contributed by atoms with Gasteiger partial charge in [-0.15, -0.1) is 0 Å². The van der Waals surface area contributed by atoms with Crippen LogP contribution in [-0.2, 0) is 0 Å². The zero-order valence-electron chi connectivity index (χ0n) is 10.4. The fraction of sp³-hybridized carbons (Fsp3) is 0.125. The molecule has 0 aliphatic carbocycles. The normalized spacial score (nSPS) is 10.1. The third-order valence-corrected chi connectivity index (χ3v) is 3.20. The predicted octanol–water partition coefficient (Wildman–Crippen LogP) is 4.77. The molecule has 2 heteroatoms. The Hall–Kier alpha value is -1.73. The van der Waals surface area contributed by atoms with Crippen LogP contribution in [0, 0.1) is 6.92 Å². The summed E-state index contributed by atoms with van der Waals surface area (Å²) < 4.78 is 0. The number of rotatable bonds is 4. The Kier molecular flexibility index (Phi) is 4.06. The SMILES string of the molecule is C=C(CNc1c(C)cccc1Cl)c1ccccc1. The second kappa shape index (κ2) is 5.74. The van der Waals surface area contributed by atoms with Crippen molar-refractivity contribution < 1.29 is 0 Å². The Labute approximate surface area is 113 Å². The summed E-state index contributed by atoms with van der Waals surface area (Å²) in [5.41, 5.74) is 4.32. The predicted molar refractivity (Wildman–Crippen MR) is 80.2 cm³/mol. The zero-order chi connectivity index (χ0) is 13.0. The van der Waals surface area contributed by atoms with E-state index in [-0.39, 0.29) is 0 Å². The highest BCUT2D eigenvalue weighted by Crippen LogP contribution is 2.26. The molecule has 0 atom stereocenters. The van der Waals surface area contributed by atoms with Crippen molar-refractivity contribution in [1.82, 2.24) is 0 Å². The molecule has 0 spiro atoms. The second-order valence-electron chi connectivity index (χ2n) is 4.25.